The van der Waals surface area contributed by atoms with Crippen molar-refractivity contribution in [2.45, 2.75) is 6.92 Å². The van der Waals surface area contributed by atoms with Crippen LogP contribution in [0.15, 0.2) is 16.7 Å². The lowest BCUT2D eigenvalue weighted by Gasteiger charge is -2.25. The van der Waals surface area contributed by atoms with Crippen LogP contribution in [0.3, 0.4) is 0 Å². The second-order valence-corrected chi connectivity index (χ2v) is 3.39. The van der Waals surface area contributed by atoms with Crippen LogP contribution in [0.4, 0.5) is 0 Å². The summed E-state index contributed by atoms with van der Waals surface area (Å²) in [6, 6.07) is 1.76. The molecule has 1 fully saturated rings. The molecule has 4 nitrogen and oxygen atoms in total. The number of carbonyl (C=O) groups excluding carboxylic acids is 1. The van der Waals surface area contributed by atoms with Gasteiger partial charge in [0.2, 0.25) is 0 Å². The molecular weight excluding hydrogens is 182 g/mol. The highest BCUT2D eigenvalue weighted by atomic mass is 16.5. The average molecular weight is 195 g/mol. The Kier molecular flexibility index (Phi) is 2.54. The zero-order valence-electron chi connectivity index (χ0n) is 8.16. The Balaban J connectivity index is 2.07. The molecule has 14 heavy (non-hydrogen) atoms. The van der Waals surface area contributed by atoms with Crippen LogP contribution in [0.1, 0.15) is 16.1 Å². The van der Waals surface area contributed by atoms with Crippen LogP contribution in [0, 0.1) is 6.92 Å². The molecule has 0 N–H and O–H groups in total. The Labute approximate surface area is 82.4 Å². The van der Waals surface area contributed by atoms with Crippen molar-refractivity contribution in [3.8, 4) is 0 Å². The third-order valence-electron chi connectivity index (χ3n) is 2.24. The maximum Gasteiger partial charge on any atom is 0.289 e. The molecular formula is C10H13NO3. The molecule has 1 aromatic heterocycles. The molecule has 1 aliphatic rings. The average Bonchev–Trinajstić information content (AvgIpc) is 2.65. The third kappa shape index (κ3) is 1.80. The predicted octanol–water partition coefficient (Wildman–Crippen LogP) is 1.06. The van der Waals surface area contributed by atoms with E-state index in [1.165, 1.54) is 0 Å². The topological polar surface area (TPSA) is 42.7 Å². The van der Waals surface area contributed by atoms with E-state index in [9.17, 15) is 4.79 Å². The van der Waals surface area contributed by atoms with Gasteiger partial charge in [-0.2, -0.15) is 0 Å². The van der Waals surface area contributed by atoms with Gasteiger partial charge in [0.25, 0.3) is 5.91 Å². The Morgan fingerprint density at radius 3 is 2.71 bits per heavy atom. The lowest BCUT2D eigenvalue weighted by molar-refractivity contribution is 0.0283. The van der Waals surface area contributed by atoms with Crippen LogP contribution in [0.2, 0.25) is 0 Å². The second kappa shape index (κ2) is 3.84. The molecule has 2 rings (SSSR count). The van der Waals surface area contributed by atoms with Gasteiger partial charge >= 0.3 is 0 Å². The summed E-state index contributed by atoms with van der Waals surface area (Å²) >= 11 is 0. The first-order chi connectivity index (χ1) is 6.77. The molecule has 0 saturated carbocycles. The van der Waals surface area contributed by atoms with Crippen molar-refractivity contribution in [1.29, 1.82) is 0 Å². The largest absolute Gasteiger partial charge is 0.459 e. The maximum absolute atomic E-state index is 11.8. The van der Waals surface area contributed by atoms with E-state index in [0.29, 0.717) is 32.1 Å². The van der Waals surface area contributed by atoms with Gasteiger partial charge in [0, 0.05) is 13.1 Å². The molecule has 1 saturated heterocycles. The van der Waals surface area contributed by atoms with E-state index in [2.05, 4.69) is 0 Å². The number of hydrogen-bond acceptors (Lipinski definition) is 3. The van der Waals surface area contributed by atoms with Gasteiger partial charge < -0.3 is 14.1 Å². The van der Waals surface area contributed by atoms with Gasteiger partial charge in [0.05, 0.1) is 19.5 Å². The molecule has 0 atom stereocenters. The van der Waals surface area contributed by atoms with Gasteiger partial charge in [-0.05, 0) is 18.6 Å². The molecule has 0 radical (unpaired) electrons. The molecule has 0 unspecified atom stereocenters. The summed E-state index contributed by atoms with van der Waals surface area (Å²) in [5.41, 5.74) is 0.974. The first kappa shape index (κ1) is 9.27. The van der Waals surface area contributed by atoms with Gasteiger partial charge in [0.1, 0.15) is 0 Å². The van der Waals surface area contributed by atoms with Crippen molar-refractivity contribution >= 4 is 5.91 Å². The number of carbonyl (C=O) groups is 1. The summed E-state index contributed by atoms with van der Waals surface area (Å²) in [6.07, 6.45) is 1.59. The molecule has 1 aromatic rings. The fourth-order valence-electron chi connectivity index (χ4n) is 1.47. The molecule has 76 valence electrons. The minimum Gasteiger partial charge on any atom is -0.459 e. The van der Waals surface area contributed by atoms with Crippen LogP contribution < -0.4 is 0 Å². The smallest absolute Gasteiger partial charge is 0.289 e. The van der Waals surface area contributed by atoms with Crippen LogP contribution in [0.25, 0.3) is 0 Å². The summed E-state index contributed by atoms with van der Waals surface area (Å²) in [4.78, 5) is 13.5. The van der Waals surface area contributed by atoms with E-state index < -0.39 is 0 Å². The number of aryl methyl sites for hydroxylation is 1. The molecule has 0 aliphatic carbocycles. The van der Waals surface area contributed by atoms with Crippen molar-refractivity contribution in [1.82, 2.24) is 4.90 Å². The van der Waals surface area contributed by atoms with E-state index in [-0.39, 0.29) is 5.91 Å². The number of hydrogen-bond donors (Lipinski definition) is 0. The summed E-state index contributed by atoms with van der Waals surface area (Å²) in [5, 5.41) is 0. The molecule has 1 amide bonds. The standard InChI is InChI=1S/C10H13NO3/c1-8-6-9(14-7-8)10(12)11-2-4-13-5-3-11/h6-7H,2-5H2,1H3. The van der Waals surface area contributed by atoms with Crippen LogP contribution >= 0.6 is 0 Å². The third-order valence-corrected chi connectivity index (χ3v) is 2.24. The van der Waals surface area contributed by atoms with Crippen molar-refractivity contribution < 1.29 is 13.9 Å². The molecule has 0 aromatic carbocycles. The van der Waals surface area contributed by atoms with Crippen molar-refractivity contribution in [3.63, 3.8) is 0 Å². The van der Waals surface area contributed by atoms with Gasteiger partial charge in [0.15, 0.2) is 5.76 Å². The Morgan fingerprint density at radius 1 is 1.43 bits per heavy atom. The van der Waals surface area contributed by atoms with Gasteiger partial charge in [-0.1, -0.05) is 0 Å². The molecule has 4 heteroatoms. The number of amides is 1. The first-order valence-electron chi connectivity index (χ1n) is 4.69. The fraction of sp³-hybridized carbons (Fsp3) is 0.500. The maximum atomic E-state index is 11.8. The molecule has 0 spiro atoms. The van der Waals surface area contributed by atoms with Crippen LogP contribution in [0.5, 0.6) is 0 Å². The summed E-state index contributed by atoms with van der Waals surface area (Å²) in [6.45, 7) is 4.44. The van der Waals surface area contributed by atoms with Crippen molar-refractivity contribution in [2.75, 3.05) is 26.3 Å². The number of ether oxygens (including phenoxy) is 1. The minimum absolute atomic E-state index is 0.0404. The van der Waals surface area contributed by atoms with E-state index >= 15 is 0 Å². The van der Waals surface area contributed by atoms with Gasteiger partial charge in [-0.15, -0.1) is 0 Å². The highest BCUT2D eigenvalue weighted by Gasteiger charge is 2.20. The number of rotatable bonds is 1. The lowest BCUT2D eigenvalue weighted by atomic mass is 10.3. The Hall–Kier alpha value is -1.29. The zero-order chi connectivity index (χ0) is 9.97. The van der Waals surface area contributed by atoms with Crippen molar-refractivity contribution in [2.24, 2.45) is 0 Å². The van der Waals surface area contributed by atoms with Crippen LogP contribution in [-0.4, -0.2) is 37.1 Å². The Bertz CT molecular complexity index is 326. The van der Waals surface area contributed by atoms with E-state index in [4.69, 9.17) is 9.15 Å². The SMILES string of the molecule is Cc1coc(C(=O)N2CCOCC2)c1. The fourth-order valence-corrected chi connectivity index (χ4v) is 1.47. The highest BCUT2D eigenvalue weighted by Crippen LogP contribution is 2.10. The monoisotopic (exact) mass is 195 g/mol. The van der Waals surface area contributed by atoms with Gasteiger partial charge in [-0.25, -0.2) is 0 Å². The minimum atomic E-state index is -0.0404. The molecule has 1 aliphatic heterocycles. The van der Waals surface area contributed by atoms with E-state index in [1.807, 2.05) is 6.92 Å². The van der Waals surface area contributed by atoms with E-state index in [1.54, 1.807) is 17.2 Å². The Morgan fingerprint density at radius 2 is 2.14 bits per heavy atom. The molecule has 2 heterocycles. The quantitative estimate of drug-likeness (QED) is 0.673. The normalized spacial score (nSPS) is 17.1. The molecule has 0 bridgehead atoms. The highest BCUT2D eigenvalue weighted by molar-refractivity contribution is 5.91. The number of morpholine rings is 1. The number of furan rings is 1. The predicted molar refractivity (Wildman–Crippen MR) is 50.2 cm³/mol. The van der Waals surface area contributed by atoms with E-state index in [0.717, 1.165) is 5.56 Å². The summed E-state index contributed by atoms with van der Waals surface area (Å²) in [5.74, 6) is 0.380. The van der Waals surface area contributed by atoms with Gasteiger partial charge in [-0.3, -0.25) is 4.79 Å². The number of nitrogens with zero attached hydrogens (tertiary/aromatic N) is 1. The summed E-state index contributed by atoms with van der Waals surface area (Å²) in [7, 11) is 0. The second-order valence-electron chi connectivity index (χ2n) is 3.39. The zero-order valence-corrected chi connectivity index (χ0v) is 8.16. The first-order valence-corrected chi connectivity index (χ1v) is 4.69. The lowest BCUT2D eigenvalue weighted by Crippen LogP contribution is -2.40. The van der Waals surface area contributed by atoms with Crippen molar-refractivity contribution in [3.05, 3.63) is 23.7 Å². The summed E-state index contributed by atoms with van der Waals surface area (Å²) < 4.78 is 10.3. The van der Waals surface area contributed by atoms with Crippen LogP contribution in [-0.2, 0) is 4.74 Å².